The van der Waals surface area contributed by atoms with Gasteiger partial charge in [-0.15, -0.1) is 0 Å². The lowest BCUT2D eigenvalue weighted by Crippen LogP contribution is -2.61. The molecule has 0 radical (unpaired) electrons. The first-order valence-corrected chi connectivity index (χ1v) is 6.31. The average molecular weight is 222 g/mol. The zero-order valence-corrected chi connectivity index (χ0v) is 11.6. The maximum atomic E-state index is 3.93. The van der Waals surface area contributed by atoms with Crippen LogP contribution in [0.5, 0.6) is 0 Å². The highest BCUT2D eigenvalue weighted by Crippen LogP contribution is 2.43. The highest BCUT2D eigenvalue weighted by molar-refractivity contribution is 4.87. The van der Waals surface area contributed by atoms with Gasteiger partial charge in [0, 0.05) is 10.8 Å². The normalized spacial score (nSPS) is 26.0. The molecular formula is C15H28N+. The van der Waals surface area contributed by atoms with Gasteiger partial charge in [0.2, 0.25) is 0 Å². The van der Waals surface area contributed by atoms with Crippen molar-refractivity contribution in [1.29, 1.82) is 0 Å². The number of piperidine rings is 1. The molecule has 1 aliphatic rings. The van der Waals surface area contributed by atoms with Crippen molar-refractivity contribution in [3.8, 4) is 0 Å². The largest absolute Gasteiger partial charge is 0.316 e. The van der Waals surface area contributed by atoms with Crippen LogP contribution in [-0.2, 0) is 0 Å². The molecule has 1 fully saturated rings. The van der Waals surface area contributed by atoms with Crippen LogP contribution in [0.25, 0.3) is 0 Å². The molecule has 0 N–H and O–H groups in total. The highest BCUT2D eigenvalue weighted by atomic mass is 15.4. The van der Waals surface area contributed by atoms with E-state index < -0.39 is 0 Å². The molecule has 1 saturated heterocycles. The first-order valence-electron chi connectivity index (χ1n) is 6.31. The number of nitrogens with zero attached hydrogens (tertiary/aromatic N) is 1. The third kappa shape index (κ3) is 3.21. The Hall–Kier alpha value is -0.560. The molecule has 16 heavy (non-hydrogen) atoms. The Morgan fingerprint density at radius 1 is 0.938 bits per heavy atom. The van der Waals surface area contributed by atoms with Crippen molar-refractivity contribution in [3.63, 3.8) is 0 Å². The molecule has 0 amide bonds. The molecule has 1 aliphatic heterocycles. The molecule has 0 atom stereocenters. The van der Waals surface area contributed by atoms with Crippen molar-refractivity contribution in [2.75, 3.05) is 26.2 Å². The Morgan fingerprint density at radius 3 is 1.62 bits per heavy atom. The predicted octanol–water partition coefficient (Wildman–Crippen LogP) is 3.63. The van der Waals surface area contributed by atoms with Gasteiger partial charge in [0.05, 0.1) is 26.2 Å². The van der Waals surface area contributed by atoms with E-state index in [0.29, 0.717) is 10.8 Å². The number of hydrogen-bond acceptors (Lipinski definition) is 0. The monoisotopic (exact) mass is 222 g/mol. The molecule has 0 saturated carbocycles. The molecule has 1 heterocycles. The van der Waals surface area contributed by atoms with Gasteiger partial charge in [0.25, 0.3) is 0 Å². The molecule has 0 bridgehead atoms. The van der Waals surface area contributed by atoms with E-state index in [4.69, 9.17) is 0 Å². The molecule has 1 rings (SSSR count). The Kier molecular flexibility index (Phi) is 3.69. The van der Waals surface area contributed by atoms with E-state index in [2.05, 4.69) is 53.0 Å². The minimum atomic E-state index is 0.424. The van der Waals surface area contributed by atoms with Gasteiger partial charge in [0.15, 0.2) is 0 Å². The molecule has 0 aromatic heterocycles. The van der Waals surface area contributed by atoms with Crippen LogP contribution >= 0.6 is 0 Å². The zero-order chi connectivity index (χ0) is 12.4. The van der Waals surface area contributed by atoms with E-state index >= 15 is 0 Å². The van der Waals surface area contributed by atoms with E-state index in [1.165, 1.54) is 19.5 Å². The summed E-state index contributed by atoms with van der Waals surface area (Å²) >= 11 is 0. The van der Waals surface area contributed by atoms with Crippen LogP contribution in [0.2, 0.25) is 0 Å². The average Bonchev–Trinajstić information content (AvgIpc) is 1.97. The minimum Gasteiger partial charge on any atom is -0.316 e. The van der Waals surface area contributed by atoms with Crippen molar-refractivity contribution >= 4 is 0 Å². The van der Waals surface area contributed by atoms with Crippen LogP contribution < -0.4 is 0 Å². The van der Waals surface area contributed by atoms with E-state index in [0.717, 1.165) is 17.6 Å². The zero-order valence-electron chi connectivity index (χ0n) is 11.6. The molecule has 0 unspecified atom stereocenters. The molecule has 1 nitrogen and oxygen atoms in total. The van der Waals surface area contributed by atoms with Gasteiger partial charge in [-0.3, -0.25) is 0 Å². The SMILES string of the molecule is C=CC[N+]1(CC=C)CC(C)(C)CC(C)(C)C1. The number of likely N-dealkylation sites (tertiary alicyclic amines) is 1. The summed E-state index contributed by atoms with van der Waals surface area (Å²) < 4.78 is 1.13. The number of rotatable bonds is 4. The van der Waals surface area contributed by atoms with Crippen molar-refractivity contribution in [3.05, 3.63) is 25.3 Å². The number of quaternary nitrogens is 1. The summed E-state index contributed by atoms with van der Waals surface area (Å²) in [6, 6.07) is 0. The predicted molar refractivity (Wildman–Crippen MR) is 72.3 cm³/mol. The fraction of sp³-hybridized carbons (Fsp3) is 0.733. The van der Waals surface area contributed by atoms with Gasteiger partial charge in [0.1, 0.15) is 0 Å². The van der Waals surface area contributed by atoms with Gasteiger partial charge in [-0.1, -0.05) is 40.9 Å². The minimum absolute atomic E-state index is 0.424. The molecule has 92 valence electrons. The van der Waals surface area contributed by atoms with Crippen LogP contribution in [0.3, 0.4) is 0 Å². The lowest BCUT2D eigenvalue weighted by atomic mass is 9.70. The Labute approximate surface area is 101 Å². The van der Waals surface area contributed by atoms with E-state index in [-0.39, 0.29) is 0 Å². The smallest absolute Gasteiger partial charge is 0.0973 e. The molecule has 0 aliphatic carbocycles. The second kappa shape index (κ2) is 4.37. The first-order chi connectivity index (χ1) is 7.24. The summed E-state index contributed by atoms with van der Waals surface area (Å²) in [6.07, 6.45) is 5.45. The van der Waals surface area contributed by atoms with Crippen molar-refractivity contribution < 1.29 is 4.48 Å². The second-order valence-corrected chi connectivity index (χ2v) is 7.11. The van der Waals surface area contributed by atoms with E-state index in [1.807, 2.05) is 0 Å². The lowest BCUT2D eigenvalue weighted by Gasteiger charge is -2.53. The van der Waals surface area contributed by atoms with Crippen LogP contribution in [0.1, 0.15) is 34.1 Å². The van der Waals surface area contributed by atoms with Gasteiger partial charge in [-0.05, 0) is 18.6 Å². The van der Waals surface area contributed by atoms with Gasteiger partial charge >= 0.3 is 0 Å². The van der Waals surface area contributed by atoms with Crippen molar-refractivity contribution in [2.24, 2.45) is 10.8 Å². The van der Waals surface area contributed by atoms with Gasteiger partial charge in [-0.25, -0.2) is 0 Å². The van der Waals surface area contributed by atoms with Crippen molar-refractivity contribution in [1.82, 2.24) is 0 Å². The van der Waals surface area contributed by atoms with Crippen LogP contribution in [0, 0.1) is 10.8 Å². The molecular weight excluding hydrogens is 194 g/mol. The molecule has 1 heteroatoms. The summed E-state index contributed by atoms with van der Waals surface area (Å²) in [4.78, 5) is 0. The van der Waals surface area contributed by atoms with Crippen LogP contribution in [0.4, 0.5) is 0 Å². The summed E-state index contributed by atoms with van der Waals surface area (Å²) in [5.41, 5.74) is 0.849. The summed E-state index contributed by atoms with van der Waals surface area (Å²) in [7, 11) is 0. The molecule has 0 spiro atoms. The third-order valence-corrected chi connectivity index (χ3v) is 3.52. The van der Waals surface area contributed by atoms with Crippen molar-refractivity contribution in [2.45, 2.75) is 34.1 Å². The Bertz CT molecular complexity index is 245. The number of hydrogen-bond donors (Lipinski definition) is 0. The van der Waals surface area contributed by atoms with E-state index in [1.54, 1.807) is 0 Å². The second-order valence-electron chi connectivity index (χ2n) is 7.11. The van der Waals surface area contributed by atoms with Crippen LogP contribution in [0.15, 0.2) is 25.3 Å². The topological polar surface area (TPSA) is 0 Å². The third-order valence-electron chi connectivity index (χ3n) is 3.52. The lowest BCUT2D eigenvalue weighted by molar-refractivity contribution is -0.935. The maximum absolute atomic E-state index is 3.93. The highest BCUT2D eigenvalue weighted by Gasteiger charge is 2.46. The summed E-state index contributed by atoms with van der Waals surface area (Å²) in [6.45, 7) is 22.1. The maximum Gasteiger partial charge on any atom is 0.0973 e. The van der Waals surface area contributed by atoms with Gasteiger partial charge < -0.3 is 4.48 Å². The Morgan fingerprint density at radius 2 is 1.31 bits per heavy atom. The summed E-state index contributed by atoms with van der Waals surface area (Å²) in [5.74, 6) is 0. The summed E-state index contributed by atoms with van der Waals surface area (Å²) in [5, 5.41) is 0. The first kappa shape index (κ1) is 13.5. The Balaban J connectivity index is 2.98. The van der Waals surface area contributed by atoms with E-state index in [9.17, 15) is 0 Å². The van der Waals surface area contributed by atoms with Gasteiger partial charge in [-0.2, -0.15) is 0 Å². The fourth-order valence-electron chi connectivity index (χ4n) is 4.16. The molecule has 0 aromatic carbocycles. The van der Waals surface area contributed by atoms with Crippen LogP contribution in [-0.4, -0.2) is 30.7 Å². The fourth-order valence-corrected chi connectivity index (χ4v) is 4.16. The molecule has 0 aromatic rings. The standard InChI is InChI=1S/C15H28N/c1-7-9-16(10-8-2)12-14(3,4)11-15(5,6)13-16/h7-8H,1-2,9-13H2,3-6H3/q+1. The quantitative estimate of drug-likeness (QED) is 0.503.